The van der Waals surface area contributed by atoms with E-state index in [0.717, 1.165) is 28.0 Å². The van der Waals surface area contributed by atoms with Crippen molar-refractivity contribution in [1.82, 2.24) is 0 Å². The molecule has 1 atom stereocenters. The third-order valence-electron chi connectivity index (χ3n) is 7.72. The molecule has 1 aliphatic heterocycles. The Labute approximate surface area is 248 Å². The van der Waals surface area contributed by atoms with Crippen LogP contribution in [0.4, 0.5) is 11.4 Å². The summed E-state index contributed by atoms with van der Waals surface area (Å²) >= 11 is 8.27. The van der Waals surface area contributed by atoms with Crippen molar-refractivity contribution in [2.24, 2.45) is 5.73 Å². The third kappa shape index (κ3) is 5.35. The van der Waals surface area contributed by atoms with Gasteiger partial charge in [0.25, 0.3) is 5.69 Å². The highest BCUT2D eigenvalue weighted by molar-refractivity contribution is 7.98. The number of non-ortho nitro benzene ring substituents is 1. The molecule has 3 aromatic rings. The average molecular weight is 585 g/mol. The van der Waals surface area contributed by atoms with E-state index < -0.39 is 10.8 Å². The number of nitrogens with two attached hydrogens (primary N) is 1. The van der Waals surface area contributed by atoms with Crippen molar-refractivity contribution < 1.29 is 9.72 Å². The molecular formula is C32H29ClN4O3S. The van der Waals surface area contributed by atoms with Gasteiger partial charge in [0.2, 0.25) is 0 Å². The predicted octanol–water partition coefficient (Wildman–Crippen LogP) is 7.77. The molecule has 1 unspecified atom stereocenters. The van der Waals surface area contributed by atoms with Crippen LogP contribution in [0.5, 0.6) is 0 Å². The highest BCUT2D eigenvalue weighted by Crippen LogP contribution is 2.49. The number of nitro groups is 1. The van der Waals surface area contributed by atoms with Gasteiger partial charge >= 0.3 is 0 Å². The maximum atomic E-state index is 13.6. The lowest BCUT2D eigenvalue weighted by Gasteiger charge is -2.40. The first-order valence-corrected chi connectivity index (χ1v) is 14.7. The zero-order valence-electron chi connectivity index (χ0n) is 23.0. The lowest BCUT2D eigenvalue weighted by Crippen LogP contribution is -2.39. The number of anilines is 1. The number of benzene rings is 3. The van der Waals surface area contributed by atoms with Gasteiger partial charge in [0.1, 0.15) is 5.82 Å². The zero-order chi connectivity index (χ0) is 29.4. The second kappa shape index (κ2) is 11.4. The molecule has 0 radical (unpaired) electrons. The van der Waals surface area contributed by atoms with Crippen LogP contribution >= 0.6 is 23.4 Å². The van der Waals surface area contributed by atoms with Gasteiger partial charge in [-0.3, -0.25) is 19.8 Å². The van der Waals surface area contributed by atoms with Crippen LogP contribution in [0.1, 0.15) is 53.0 Å². The lowest BCUT2D eigenvalue weighted by atomic mass is 9.73. The number of Topliss-reactive ketones (excluding diaryl/α,β-unsaturated/α-hetero) is 1. The summed E-state index contributed by atoms with van der Waals surface area (Å²) in [6, 6.07) is 19.0. The Morgan fingerprint density at radius 1 is 1.10 bits per heavy atom. The van der Waals surface area contributed by atoms with Crippen molar-refractivity contribution in [3.8, 4) is 6.07 Å². The van der Waals surface area contributed by atoms with Crippen LogP contribution in [-0.2, 0) is 10.5 Å². The number of rotatable bonds is 6. The summed E-state index contributed by atoms with van der Waals surface area (Å²) < 4.78 is 0. The van der Waals surface area contributed by atoms with E-state index in [1.807, 2.05) is 19.9 Å². The molecule has 0 aromatic heterocycles. The molecule has 2 N–H and O–H groups in total. The molecule has 3 aromatic carbocycles. The van der Waals surface area contributed by atoms with E-state index in [-0.39, 0.29) is 27.9 Å². The standard InChI is InChI=1S/C32H29ClN4O3S/c1-18-7-10-23(11-8-18)41-17-21-13-19(2)14-24(20(21)3)30-25(16-34)32(35)36(28-5-4-6-29(38)31(28)30)27-12-9-22(37(39)40)15-26(27)33/h7-15,30H,4-6,17,35H2,1-3H3. The Morgan fingerprint density at radius 2 is 1.83 bits per heavy atom. The minimum Gasteiger partial charge on any atom is -0.384 e. The van der Waals surface area contributed by atoms with Crippen LogP contribution in [0.3, 0.4) is 0 Å². The van der Waals surface area contributed by atoms with Gasteiger partial charge in [0.15, 0.2) is 5.78 Å². The molecule has 9 heteroatoms. The molecule has 2 aliphatic rings. The fourth-order valence-corrected chi connectivity index (χ4v) is 6.88. The number of aryl methyl sites for hydroxylation is 2. The highest BCUT2D eigenvalue weighted by atomic mass is 35.5. The van der Waals surface area contributed by atoms with Crippen molar-refractivity contribution in [3.63, 3.8) is 0 Å². The fraction of sp³-hybridized carbons (Fsp3) is 0.250. The number of nitrogens with zero attached hydrogens (tertiary/aromatic N) is 3. The van der Waals surface area contributed by atoms with Crippen LogP contribution in [-0.4, -0.2) is 10.7 Å². The van der Waals surface area contributed by atoms with E-state index in [0.29, 0.717) is 36.2 Å². The molecule has 0 saturated carbocycles. The summed E-state index contributed by atoms with van der Waals surface area (Å²) in [4.78, 5) is 27.2. The summed E-state index contributed by atoms with van der Waals surface area (Å²) in [6.45, 7) is 6.12. The number of allylic oxidation sites excluding steroid dienone is 3. The second-order valence-corrected chi connectivity index (χ2v) is 11.9. The number of nitro benzene ring substituents is 1. The van der Waals surface area contributed by atoms with Crippen molar-refractivity contribution in [1.29, 1.82) is 5.26 Å². The molecule has 1 heterocycles. The van der Waals surface area contributed by atoms with Crippen LogP contribution in [0.2, 0.25) is 5.02 Å². The molecule has 208 valence electrons. The molecular weight excluding hydrogens is 556 g/mol. The monoisotopic (exact) mass is 584 g/mol. The Morgan fingerprint density at radius 3 is 2.49 bits per heavy atom. The van der Waals surface area contributed by atoms with Gasteiger partial charge in [0.05, 0.1) is 33.2 Å². The molecule has 0 spiro atoms. The van der Waals surface area contributed by atoms with E-state index in [9.17, 15) is 20.2 Å². The molecule has 5 rings (SSSR count). The van der Waals surface area contributed by atoms with Gasteiger partial charge in [-0.2, -0.15) is 5.26 Å². The van der Waals surface area contributed by atoms with Gasteiger partial charge in [0, 0.05) is 40.5 Å². The maximum Gasteiger partial charge on any atom is 0.271 e. The molecule has 7 nitrogen and oxygen atoms in total. The van der Waals surface area contributed by atoms with Gasteiger partial charge in [-0.1, -0.05) is 47.0 Å². The molecule has 0 bridgehead atoms. The summed E-state index contributed by atoms with van der Waals surface area (Å²) in [6.07, 6.45) is 1.56. The van der Waals surface area contributed by atoms with Crippen molar-refractivity contribution in [3.05, 3.63) is 120 Å². The van der Waals surface area contributed by atoms with E-state index in [4.69, 9.17) is 17.3 Å². The van der Waals surface area contributed by atoms with Crippen molar-refractivity contribution in [2.45, 2.75) is 56.6 Å². The van der Waals surface area contributed by atoms with Gasteiger partial charge < -0.3 is 5.73 Å². The van der Waals surface area contributed by atoms with E-state index in [1.165, 1.54) is 28.7 Å². The van der Waals surface area contributed by atoms with E-state index in [1.54, 1.807) is 16.7 Å². The number of hydrogen-bond donors (Lipinski definition) is 1. The minimum atomic E-state index is -0.612. The second-order valence-electron chi connectivity index (χ2n) is 10.4. The minimum absolute atomic E-state index is 0.0315. The first-order valence-electron chi connectivity index (χ1n) is 13.3. The van der Waals surface area contributed by atoms with Gasteiger partial charge in [-0.15, -0.1) is 11.8 Å². The number of carbonyl (C=O) groups is 1. The van der Waals surface area contributed by atoms with Crippen LogP contribution in [0.15, 0.2) is 82.2 Å². The molecule has 0 fully saturated rings. The molecule has 0 saturated heterocycles. The Balaban J connectivity index is 1.64. The fourth-order valence-electron chi connectivity index (χ4n) is 5.67. The number of ketones is 1. The number of nitriles is 1. The van der Waals surface area contributed by atoms with Gasteiger partial charge in [-0.25, -0.2) is 0 Å². The predicted molar refractivity (Wildman–Crippen MR) is 163 cm³/mol. The summed E-state index contributed by atoms with van der Waals surface area (Å²) in [5, 5.41) is 21.9. The van der Waals surface area contributed by atoms with Gasteiger partial charge in [-0.05, 0) is 68.5 Å². The Kier molecular flexibility index (Phi) is 7.94. The Bertz CT molecular complexity index is 1690. The highest BCUT2D eigenvalue weighted by Gasteiger charge is 2.41. The lowest BCUT2D eigenvalue weighted by molar-refractivity contribution is -0.384. The SMILES string of the molecule is Cc1ccc(SCc2cc(C)cc(C3C(C#N)=C(N)N(c4ccc([N+](=O)[O-])cc4Cl)C4=C3C(=O)CCC4)c2C)cc1. The van der Waals surface area contributed by atoms with Crippen LogP contribution in [0, 0.1) is 42.2 Å². The number of carbonyl (C=O) groups excluding carboxylic acids is 1. The topological polar surface area (TPSA) is 113 Å². The van der Waals surface area contributed by atoms with Crippen LogP contribution in [0.25, 0.3) is 0 Å². The van der Waals surface area contributed by atoms with Crippen molar-refractivity contribution in [2.75, 3.05) is 4.90 Å². The zero-order valence-corrected chi connectivity index (χ0v) is 24.6. The summed E-state index contributed by atoms with van der Waals surface area (Å²) in [7, 11) is 0. The summed E-state index contributed by atoms with van der Waals surface area (Å²) in [5.74, 6) is 0.273. The maximum absolute atomic E-state index is 13.6. The third-order valence-corrected chi connectivity index (χ3v) is 9.09. The number of halogens is 1. The smallest absolute Gasteiger partial charge is 0.271 e. The molecule has 0 amide bonds. The number of hydrogen-bond acceptors (Lipinski definition) is 7. The van der Waals surface area contributed by atoms with Crippen molar-refractivity contribution >= 4 is 40.5 Å². The largest absolute Gasteiger partial charge is 0.384 e. The Hall–Kier alpha value is -4.06. The first-order chi connectivity index (χ1) is 19.6. The average Bonchev–Trinajstić information content (AvgIpc) is 2.94. The normalized spacial score (nSPS) is 17.0. The molecule has 1 aliphatic carbocycles. The van der Waals surface area contributed by atoms with Crippen LogP contribution < -0.4 is 10.6 Å². The molecule has 41 heavy (non-hydrogen) atoms. The quantitative estimate of drug-likeness (QED) is 0.179. The first kappa shape index (κ1) is 28.5. The summed E-state index contributed by atoms with van der Waals surface area (Å²) in [5.41, 5.74) is 13.8. The van der Waals surface area contributed by atoms with E-state index in [2.05, 4.69) is 43.3 Å². The van der Waals surface area contributed by atoms with E-state index >= 15 is 0 Å². The number of thioether (sulfide) groups is 1.